The third-order valence-corrected chi connectivity index (χ3v) is 4.98. The summed E-state index contributed by atoms with van der Waals surface area (Å²) in [5, 5.41) is 0. The van der Waals surface area contributed by atoms with Crippen molar-refractivity contribution in [3.63, 3.8) is 0 Å². The Morgan fingerprint density at radius 3 is 2.71 bits per heavy atom. The predicted molar refractivity (Wildman–Crippen MR) is 65.8 cm³/mol. The summed E-state index contributed by atoms with van der Waals surface area (Å²) < 4.78 is 27.1. The molecule has 2 rings (SSSR count). The third-order valence-electron chi connectivity index (χ3n) is 3.40. The molecule has 1 heterocycles. The van der Waals surface area contributed by atoms with Crippen LogP contribution < -0.4 is 10.5 Å². The molecule has 0 aromatic carbocycles. The molecule has 0 unspecified atom stereocenters. The van der Waals surface area contributed by atoms with Crippen LogP contribution in [0.3, 0.4) is 0 Å². The topological polar surface area (TPSA) is 85.1 Å². The zero-order chi connectivity index (χ0) is 12.5. The maximum atomic E-state index is 12.2. The molecule has 94 valence electrons. The summed E-state index contributed by atoms with van der Waals surface area (Å²) in [6.45, 7) is 2.00. The van der Waals surface area contributed by atoms with E-state index in [1.54, 1.807) is 0 Å². The highest BCUT2D eigenvalue weighted by atomic mass is 32.2. The van der Waals surface area contributed by atoms with Gasteiger partial charge in [-0.2, -0.15) is 0 Å². The molecule has 3 N–H and O–H groups in total. The summed E-state index contributed by atoms with van der Waals surface area (Å²) in [5.74, 6) is 0.215. The van der Waals surface area contributed by atoms with Gasteiger partial charge in [0.25, 0.3) is 0 Å². The Bertz CT molecular complexity index is 504. The molecule has 1 fully saturated rings. The number of nitrogens with zero attached hydrogens (tertiary/aromatic N) is 1. The molecular formula is C11H17N3O2S. The molecule has 0 bridgehead atoms. The molecule has 1 saturated carbocycles. The molecule has 0 radical (unpaired) electrons. The second-order valence-corrected chi connectivity index (χ2v) is 6.19. The van der Waals surface area contributed by atoms with Crippen LogP contribution >= 0.6 is 0 Å². The normalized spacial score (nSPS) is 18.6. The first kappa shape index (κ1) is 12.3. The number of hydrogen-bond donors (Lipinski definition) is 2. The first-order chi connectivity index (χ1) is 7.97. The first-order valence-corrected chi connectivity index (χ1v) is 7.21. The summed E-state index contributed by atoms with van der Waals surface area (Å²) >= 11 is 0. The highest BCUT2D eigenvalue weighted by Gasteiger charge is 2.39. The van der Waals surface area contributed by atoms with Crippen molar-refractivity contribution in [1.82, 2.24) is 9.71 Å². The molecular weight excluding hydrogens is 238 g/mol. The average Bonchev–Trinajstić information content (AvgIpc) is 2.24. The molecule has 0 atom stereocenters. The van der Waals surface area contributed by atoms with Gasteiger partial charge < -0.3 is 5.73 Å². The number of nitrogens with two attached hydrogens (primary N) is 1. The summed E-state index contributed by atoms with van der Waals surface area (Å²) in [4.78, 5) is 3.97. The smallest absolute Gasteiger partial charge is 0.241 e. The van der Waals surface area contributed by atoms with E-state index >= 15 is 0 Å². The second kappa shape index (κ2) is 4.27. The molecule has 6 heteroatoms. The molecule has 5 nitrogen and oxygen atoms in total. The number of anilines is 1. The number of aromatic nitrogens is 1. The standard InChI is InChI=1S/C11H17N3O2S/c1-2-11(5-3-6-11)14-17(15,16)9-4-7-13-10(12)8-9/h4,7-8,14H,2-3,5-6H2,1H3,(H2,12,13). The van der Waals surface area contributed by atoms with Crippen LogP contribution in [-0.4, -0.2) is 18.9 Å². The quantitative estimate of drug-likeness (QED) is 0.848. The van der Waals surface area contributed by atoms with Crippen LogP contribution in [0.25, 0.3) is 0 Å². The second-order valence-electron chi connectivity index (χ2n) is 4.51. The van der Waals surface area contributed by atoms with E-state index in [-0.39, 0.29) is 16.3 Å². The number of nitrogen functional groups attached to an aromatic ring is 1. The van der Waals surface area contributed by atoms with Gasteiger partial charge in [0.05, 0.1) is 4.90 Å². The molecule has 0 spiro atoms. The third kappa shape index (κ3) is 2.42. The van der Waals surface area contributed by atoms with Gasteiger partial charge in [-0.1, -0.05) is 6.92 Å². The maximum Gasteiger partial charge on any atom is 0.241 e. The van der Waals surface area contributed by atoms with Gasteiger partial charge in [0, 0.05) is 17.8 Å². The highest BCUT2D eigenvalue weighted by Crippen LogP contribution is 2.36. The Morgan fingerprint density at radius 1 is 1.53 bits per heavy atom. The predicted octanol–water partition coefficient (Wildman–Crippen LogP) is 1.27. The zero-order valence-corrected chi connectivity index (χ0v) is 10.6. The number of pyridine rings is 1. The van der Waals surface area contributed by atoms with E-state index in [1.165, 1.54) is 18.3 Å². The lowest BCUT2D eigenvalue weighted by Crippen LogP contribution is -2.52. The van der Waals surface area contributed by atoms with Crippen LogP contribution in [-0.2, 0) is 10.0 Å². The molecule has 17 heavy (non-hydrogen) atoms. The highest BCUT2D eigenvalue weighted by molar-refractivity contribution is 7.89. The minimum absolute atomic E-state index is 0.185. The largest absolute Gasteiger partial charge is 0.384 e. The fourth-order valence-electron chi connectivity index (χ4n) is 2.07. The van der Waals surface area contributed by atoms with Crippen LogP contribution in [0.15, 0.2) is 23.2 Å². The van der Waals surface area contributed by atoms with Crippen molar-refractivity contribution in [2.75, 3.05) is 5.73 Å². The molecule has 0 saturated heterocycles. The van der Waals surface area contributed by atoms with Crippen molar-refractivity contribution >= 4 is 15.8 Å². The first-order valence-electron chi connectivity index (χ1n) is 5.73. The average molecular weight is 255 g/mol. The molecule has 0 aliphatic heterocycles. The zero-order valence-electron chi connectivity index (χ0n) is 9.81. The lowest BCUT2D eigenvalue weighted by atomic mass is 9.76. The van der Waals surface area contributed by atoms with E-state index in [1.807, 2.05) is 6.92 Å². The van der Waals surface area contributed by atoms with Crippen LogP contribution in [0.4, 0.5) is 5.82 Å². The van der Waals surface area contributed by atoms with E-state index in [2.05, 4.69) is 9.71 Å². The van der Waals surface area contributed by atoms with Crippen LogP contribution in [0.2, 0.25) is 0 Å². The van der Waals surface area contributed by atoms with Crippen LogP contribution in [0.5, 0.6) is 0 Å². The van der Waals surface area contributed by atoms with Gasteiger partial charge in [0.1, 0.15) is 5.82 Å². The molecule has 0 amide bonds. The van der Waals surface area contributed by atoms with Crippen LogP contribution in [0, 0.1) is 0 Å². The van der Waals surface area contributed by atoms with Gasteiger partial charge in [-0.05, 0) is 31.7 Å². The fourth-order valence-corrected chi connectivity index (χ4v) is 3.62. The minimum atomic E-state index is -3.48. The number of rotatable bonds is 4. The van der Waals surface area contributed by atoms with Crippen molar-refractivity contribution < 1.29 is 8.42 Å². The fraction of sp³-hybridized carbons (Fsp3) is 0.545. The van der Waals surface area contributed by atoms with Crippen molar-refractivity contribution in [3.8, 4) is 0 Å². The van der Waals surface area contributed by atoms with E-state index in [4.69, 9.17) is 5.73 Å². The SMILES string of the molecule is CCC1(NS(=O)(=O)c2ccnc(N)c2)CCC1. The Hall–Kier alpha value is -1.14. The van der Waals surface area contributed by atoms with Gasteiger partial charge in [-0.25, -0.2) is 18.1 Å². The number of hydrogen-bond acceptors (Lipinski definition) is 4. The van der Waals surface area contributed by atoms with E-state index in [0.717, 1.165) is 25.7 Å². The molecule has 1 aromatic heterocycles. The van der Waals surface area contributed by atoms with E-state index < -0.39 is 10.0 Å². The van der Waals surface area contributed by atoms with Gasteiger partial charge >= 0.3 is 0 Å². The lowest BCUT2D eigenvalue weighted by Gasteiger charge is -2.41. The van der Waals surface area contributed by atoms with Gasteiger partial charge in [0.2, 0.25) is 10.0 Å². The van der Waals surface area contributed by atoms with Gasteiger partial charge in [-0.3, -0.25) is 0 Å². The molecule has 1 aliphatic carbocycles. The van der Waals surface area contributed by atoms with Crippen molar-refractivity contribution in [3.05, 3.63) is 18.3 Å². The van der Waals surface area contributed by atoms with Gasteiger partial charge in [-0.15, -0.1) is 0 Å². The maximum absolute atomic E-state index is 12.2. The molecule has 1 aromatic rings. The van der Waals surface area contributed by atoms with Crippen LogP contribution in [0.1, 0.15) is 32.6 Å². The van der Waals surface area contributed by atoms with Crippen molar-refractivity contribution in [2.24, 2.45) is 0 Å². The van der Waals surface area contributed by atoms with E-state index in [0.29, 0.717) is 0 Å². The Kier molecular flexibility index (Phi) is 3.09. The Labute approximate surface area is 101 Å². The summed E-state index contributed by atoms with van der Waals surface area (Å²) in [7, 11) is -3.48. The number of nitrogens with one attached hydrogen (secondary N) is 1. The summed E-state index contributed by atoms with van der Waals surface area (Å²) in [5.41, 5.74) is 5.24. The summed E-state index contributed by atoms with van der Waals surface area (Å²) in [6.07, 6.45) is 5.11. The summed E-state index contributed by atoms with van der Waals surface area (Å²) in [6, 6.07) is 2.84. The number of sulfonamides is 1. The van der Waals surface area contributed by atoms with Gasteiger partial charge in [0.15, 0.2) is 0 Å². The monoisotopic (exact) mass is 255 g/mol. The lowest BCUT2D eigenvalue weighted by molar-refractivity contribution is 0.214. The van der Waals surface area contributed by atoms with E-state index in [9.17, 15) is 8.42 Å². The van der Waals surface area contributed by atoms with Crippen molar-refractivity contribution in [1.29, 1.82) is 0 Å². The Balaban J connectivity index is 2.25. The Morgan fingerprint density at radius 2 is 2.24 bits per heavy atom. The minimum Gasteiger partial charge on any atom is -0.384 e. The van der Waals surface area contributed by atoms with Crippen molar-refractivity contribution in [2.45, 2.75) is 43.0 Å². The molecule has 1 aliphatic rings.